The van der Waals surface area contributed by atoms with E-state index in [1.807, 2.05) is 12.1 Å². The van der Waals surface area contributed by atoms with E-state index in [2.05, 4.69) is 0 Å². The topological polar surface area (TPSA) is 77.9 Å². The highest BCUT2D eigenvalue weighted by Gasteiger charge is 2.59. The van der Waals surface area contributed by atoms with Crippen molar-refractivity contribution >= 4 is 29.5 Å². The molecular weight excluding hydrogens is 416 g/mol. The molecule has 0 spiro atoms. The van der Waals surface area contributed by atoms with Gasteiger partial charge in [0, 0.05) is 11.6 Å². The first kappa shape index (κ1) is 20.6. The minimum absolute atomic E-state index is 0.0989. The number of carboxylic acid groups (broad SMARTS) is 1. The van der Waals surface area contributed by atoms with Crippen LogP contribution in [-0.2, 0) is 21.7 Å². The highest BCUT2D eigenvalue weighted by Crippen LogP contribution is 2.44. The molecule has 0 bridgehead atoms. The molecular formula is C24H19ClN2O4. The van der Waals surface area contributed by atoms with Gasteiger partial charge in [-0.3, -0.25) is 19.4 Å². The van der Waals surface area contributed by atoms with Gasteiger partial charge in [-0.15, -0.1) is 0 Å². The maximum absolute atomic E-state index is 13.8. The van der Waals surface area contributed by atoms with Gasteiger partial charge in [-0.05, 0) is 28.8 Å². The molecule has 0 aromatic heterocycles. The number of urea groups is 1. The van der Waals surface area contributed by atoms with E-state index in [0.29, 0.717) is 16.1 Å². The predicted molar refractivity (Wildman–Crippen MR) is 115 cm³/mol. The quantitative estimate of drug-likeness (QED) is 0.591. The third-order valence-corrected chi connectivity index (χ3v) is 5.60. The summed E-state index contributed by atoms with van der Waals surface area (Å²) in [6, 6.07) is 24.2. The lowest BCUT2D eigenvalue weighted by atomic mass is 9.81. The molecule has 1 aliphatic rings. The van der Waals surface area contributed by atoms with Crippen LogP contribution in [0.2, 0.25) is 5.02 Å². The number of halogens is 1. The van der Waals surface area contributed by atoms with E-state index in [9.17, 15) is 19.5 Å². The Kier molecular flexibility index (Phi) is 5.48. The van der Waals surface area contributed by atoms with Gasteiger partial charge in [0.1, 0.15) is 6.54 Å². The van der Waals surface area contributed by atoms with Gasteiger partial charge in [0.15, 0.2) is 5.54 Å². The third kappa shape index (κ3) is 3.55. The van der Waals surface area contributed by atoms with Crippen molar-refractivity contribution in [3.05, 3.63) is 107 Å². The Balaban J connectivity index is 1.95. The molecule has 3 aromatic carbocycles. The predicted octanol–water partition coefficient (Wildman–Crippen LogP) is 4.13. The largest absolute Gasteiger partial charge is 0.480 e. The molecule has 1 saturated heterocycles. The van der Waals surface area contributed by atoms with Crippen LogP contribution in [0.5, 0.6) is 0 Å². The zero-order valence-corrected chi connectivity index (χ0v) is 17.2. The fourth-order valence-corrected chi connectivity index (χ4v) is 4.13. The van der Waals surface area contributed by atoms with Gasteiger partial charge in [-0.25, -0.2) is 4.79 Å². The summed E-state index contributed by atoms with van der Waals surface area (Å²) in [5.74, 6) is -1.85. The second kappa shape index (κ2) is 8.24. The highest BCUT2D eigenvalue weighted by molar-refractivity contribution is 6.30. The minimum atomic E-state index is -1.49. The van der Waals surface area contributed by atoms with Crippen LogP contribution >= 0.6 is 11.6 Å². The summed E-state index contributed by atoms with van der Waals surface area (Å²) in [5, 5.41) is 9.90. The number of imide groups is 1. The average molecular weight is 435 g/mol. The van der Waals surface area contributed by atoms with Crippen LogP contribution in [0.15, 0.2) is 84.9 Å². The van der Waals surface area contributed by atoms with Crippen molar-refractivity contribution < 1.29 is 19.5 Å². The zero-order chi connectivity index (χ0) is 22.0. The molecule has 156 valence electrons. The Morgan fingerprint density at radius 1 is 0.839 bits per heavy atom. The Labute approximate surface area is 184 Å². The van der Waals surface area contributed by atoms with Crippen LogP contribution in [0.4, 0.5) is 4.79 Å². The molecule has 0 saturated carbocycles. The van der Waals surface area contributed by atoms with Gasteiger partial charge in [0.25, 0.3) is 5.91 Å². The minimum Gasteiger partial charge on any atom is -0.480 e. The maximum Gasteiger partial charge on any atom is 0.329 e. The van der Waals surface area contributed by atoms with Crippen LogP contribution in [0.3, 0.4) is 0 Å². The number of aliphatic carboxylic acids is 1. The van der Waals surface area contributed by atoms with Crippen LogP contribution in [0.1, 0.15) is 16.7 Å². The Bertz CT molecular complexity index is 1080. The Morgan fingerprint density at radius 2 is 1.35 bits per heavy atom. The smallest absolute Gasteiger partial charge is 0.329 e. The molecule has 0 unspecified atom stereocenters. The fourth-order valence-electron chi connectivity index (χ4n) is 4.00. The first-order valence-electron chi connectivity index (χ1n) is 9.65. The van der Waals surface area contributed by atoms with E-state index in [4.69, 9.17) is 11.6 Å². The van der Waals surface area contributed by atoms with Gasteiger partial charge < -0.3 is 5.11 Å². The number of amides is 3. The summed E-state index contributed by atoms with van der Waals surface area (Å²) in [5.41, 5.74) is 0.441. The molecule has 0 aliphatic carbocycles. The van der Waals surface area contributed by atoms with E-state index < -0.39 is 30.0 Å². The second-order valence-corrected chi connectivity index (χ2v) is 7.66. The number of rotatable bonds is 6. The number of hydrogen-bond donors (Lipinski definition) is 1. The molecule has 7 heteroatoms. The molecule has 6 nitrogen and oxygen atoms in total. The highest BCUT2D eigenvalue weighted by atomic mass is 35.5. The molecule has 1 N–H and O–H groups in total. The van der Waals surface area contributed by atoms with Crippen molar-refractivity contribution in [3.63, 3.8) is 0 Å². The molecule has 1 heterocycles. The van der Waals surface area contributed by atoms with Crippen LogP contribution < -0.4 is 0 Å². The van der Waals surface area contributed by atoms with E-state index in [0.717, 1.165) is 10.5 Å². The molecule has 4 rings (SSSR count). The number of benzene rings is 3. The van der Waals surface area contributed by atoms with Crippen molar-refractivity contribution in [1.82, 2.24) is 9.80 Å². The molecule has 3 aromatic rings. The van der Waals surface area contributed by atoms with Gasteiger partial charge in [0.2, 0.25) is 0 Å². The van der Waals surface area contributed by atoms with Crippen LogP contribution in [0, 0.1) is 0 Å². The number of carbonyl (C=O) groups excluding carboxylic acids is 2. The Hall–Kier alpha value is -3.64. The molecule has 0 atom stereocenters. The molecule has 31 heavy (non-hydrogen) atoms. The second-order valence-electron chi connectivity index (χ2n) is 7.22. The van der Waals surface area contributed by atoms with Gasteiger partial charge in [0.05, 0.1) is 0 Å². The molecule has 0 radical (unpaired) electrons. The first-order chi connectivity index (χ1) is 14.9. The van der Waals surface area contributed by atoms with Crippen molar-refractivity contribution in [2.24, 2.45) is 0 Å². The lowest BCUT2D eigenvalue weighted by molar-refractivity contribution is -0.142. The van der Waals surface area contributed by atoms with Gasteiger partial charge in [-0.2, -0.15) is 0 Å². The SMILES string of the molecule is O=C(O)CN1C(=O)N(Cc2ccc(Cl)cc2)C(c2ccccc2)(c2ccccc2)C1=O. The summed E-state index contributed by atoms with van der Waals surface area (Å²) in [4.78, 5) is 40.9. The average Bonchev–Trinajstić information content (AvgIpc) is 2.98. The lowest BCUT2D eigenvalue weighted by Crippen LogP contribution is -2.47. The number of nitrogens with zero attached hydrogens (tertiary/aromatic N) is 2. The van der Waals surface area contributed by atoms with E-state index in [-0.39, 0.29) is 6.54 Å². The molecule has 1 aliphatic heterocycles. The van der Waals surface area contributed by atoms with Crippen LogP contribution in [-0.4, -0.2) is 39.4 Å². The maximum atomic E-state index is 13.8. The van der Waals surface area contributed by atoms with Crippen molar-refractivity contribution in [1.29, 1.82) is 0 Å². The van der Waals surface area contributed by atoms with E-state index >= 15 is 0 Å². The fraction of sp³-hybridized carbons (Fsp3) is 0.125. The summed E-state index contributed by atoms with van der Waals surface area (Å²) in [7, 11) is 0. The van der Waals surface area contributed by atoms with E-state index in [1.54, 1.807) is 72.8 Å². The van der Waals surface area contributed by atoms with Crippen molar-refractivity contribution in [2.45, 2.75) is 12.1 Å². The Morgan fingerprint density at radius 3 is 1.84 bits per heavy atom. The van der Waals surface area contributed by atoms with Crippen molar-refractivity contribution in [2.75, 3.05) is 6.54 Å². The lowest BCUT2D eigenvalue weighted by Gasteiger charge is -2.36. The van der Waals surface area contributed by atoms with Crippen molar-refractivity contribution in [3.8, 4) is 0 Å². The summed E-state index contributed by atoms with van der Waals surface area (Å²) >= 11 is 6.00. The molecule has 3 amide bonds. The number of carbonyl (C=O) groups is 3. The van der Waals surface area contributed by atoms with E-state index in [1.165, 1.54) is 4.90 Å². The number of carboxylic acids is 1. The first-order valence-corrected chi connectivity index (χ1v) is 10.0. The normalized spacial score (nSPS) is 15.4. The summed E-state index contributed by atoms with van der Waals surface area (Å²) < 4.78 is 0. The van der Waals surface area contributed by atoms with Crippen LogP contribution in [0.25, 0.3) is 0 Å². The summed E-state index contributed by atoms with van der Waals surface area (Å²) in [6.45, 7) is -0.613. The standard InChI is InChI=1S/C24H19ClN2O4/c25-20-13-11-17(12-14-20)15-27-23(31)26(16-21(28)29)22(30)24(27,18-7-3-1-4-8-18)19-9-5-2-6-10-19/h1-14H,15-16H2,(H,28,29). The third-order valence-electron chi connectivity index (χ3n) is 5.35. The van der Waals surface area contributed by atoms with Gasteiger partial charge >= 0.3 is 12.0 Å². The zero-order valence-electron chi connectivity index (χ0n) is 16.4. The summed E-state index contributed by atoms with van der Waals surface area (Å²) in [6.07, 6.45) is 0. The monoisotopic (exact) mass is 434 g/mol. The molecule has 1 fully saturated rings. The number of hydrogen-bond acceptors (Lipinski definition) is 3. The van der Waals surface area contributed by atoms with Gasteiger partial charge in [-0.1, -0.05) is 84.4 Å².